The zero-order chi connectivity index (χ0) is 18.3. The van der Waals surface area contributed by atoms with Crippen LogP contribution in [0.5, 0.6) is 0 Å². The van der Waals surface area contributed by atoms with Crippen molar-refractivity contribution in [2.75, 3.05) is 7.11 Å². The van der Waals surface area contributed by atoms with E-state index in [4.69, 9.17) is 4.74 Å². The van der Waals surface area contributed by atoms with Gasteiger partial charge in [-0.05, 0) is 42.3 Å². The number of carbonyl (C=O) groups excluding carboxylic acids is 1. The Morgan fingerprint density at radius 3 is 2.38 bits per heavy atom. The highest BCUT2D eigenvalue weighted by molar-refractivity contribution is 6.01. The predicted molar refractivity (Wildman–Crippen MR) is 93.7 cm³/mol. The number of carbonyl (C=O) groups is 1. The third-order valence-electron chi connectivity index (χ3n) is 3.42. The summed E-state index contributed by atoms with van der Waals surface area (Å²) in [6.45, 7) is 2.71. The van der Waals surface area contributed by atoms with Gasteiger partial charge in [-0.25, -0.2) is 13.6 Å². The molecule has 0 atom stereocenters. The first-order valence-corrected chi connectivity index (χ1v) is 7.13. The van der Waals surface area contributed by atoms with E-state index in [1.165, 1.54) is 13.2 Å². The highest BCUT2D eigenvalue weighted by Gasteiger charge is 2.15. The number of allylic oxidation sites excluding steroid dienone is 4. The van der Waals surface area contributed by atoms with E-state index in [1.54, 1.807) is 37.3 Å². The number of halogens is 2. The topological polar surface area (TPSA) is 26.3 Å². The molecule has 4 heteroatoms. The minimum Gasteiger partial charge on any atom is -0.465 e. The number of ether oxygens (including phenoxy) is 1. The molecule has 0 aromatic heterocycles. The Labute approximate surface area is 140 Å². The Kier molecular flexibility index (Phi) is 6.88. The van der Waals surface area contributed by atoms with Crippen molar-refractivity contribution in [3.8, 4) is 12.8 Å². The largest absolute Gasteiger partial charge is 0.465 e. The molecule has 0 heterocycles. The van der Waals surface area contributed by atoms with Crippen LogP contribution in [0.4, 0.5) is 8.78 Å². The SMILES string of the molecule is C#C.C/C=C(\C(F)=C(/C)F)c1cccc2ccc(C(=O)OC)cc12. The smallest absolute Gasteiger partial charge is 0.337 e. The molecule has 0 spiro atoms. The van der Waals surface area contributed by atoms with E-state index in [2.05, 4.69) is 12.8 Å². The lowest BCUT2D eigenvalue weighted by Crippen LogP contribution is -2.01. The van der Waals surface area contributed by atoms with E-state index in [-0.39, 0.29) is 5.57 Å². The molecule has 2 aromatic rings. The van der Waals surface area contributed by atoms with Gasteiger partial charge >= 0.3 is 5.97 Å². The number of hydrogen-bond acceptors (Lipinski definition) is 2. The summed E-state index contributed by atoms with van der Waals surface area (Å²) < 4.78 is 32.0. The molecule has 2 aromatic carbocycles. The third-order valence-corrected chi connectivity index (χ3v) is 3.42. The van der Waals surface area contributed by atoms with Crippen molar-refractivity contribution in [3.63, 3.8) is 0 Å². The van der Waals surface area contributed by atoms with Crippen molar-refractivity contribution < 1.29 is 18.3 Å². The second kappa shape index (κ2) is 8.64. The maximum Gasteiger partial charge on any atom is 0.337 e. The Bertz CT molecular complexity index is 826. The number of hydrogen-bond donors (Lipinski definition) is 0. The lowest BCUT2D eigenvalue weighted by molar-refractivity contribution is 0.0601. The van der Waals surface area contributed by atoms with Crippen LogP contribution < -0.4 is 0 Å². The molecule has 0 aliphatic heterocycles. The first kappa shape index (κ1) is 19.1. The van der Waals surface area contributed by atoms with Gasteiger partial charge in [-0.3, -0.25) is 0 Å². The standard InChI is InChI=1S/C18H16F2O2.C2H2/c1-4-14(17(20)11(2)19)15-7-5-6-12-8-9-13(10-16(12)15)18(21)22-3;1-2/h4-10H,1-3H3;1-2H/b14-4-,17-11-;. The van der Waals surface area contributed by atoms with E-state index < -0.39 is 17.6 Å². The summed E-state index contributed by atoms with van der Waals surface area (Å²) in [7, 11) is 1.30. The quantitative estimate of drug-likeness (QED) is 0.425. The van der Waals surface area contributed by atoms with Crippen LogP contribution in [-0.4, -0.2) is 13.1 Å². The van der Waals surface area contributed by atoms with Gasteiger partial charge in [-0.2, -0.15) is 0 Å². The zero-order valence-corrected chi connectivity index (χ0v) is 13.8. The van der Waals surface area contributed by atoms with Crippen LogP contribution in [0, 0.1) is 12.8 Å². The van der Waals surface area contributed by atoms with Gasteiger partial charge in [0.05, 0.1) is 12.7 Å². The van der Waals surface area contributed by atoms with Crippen LogP contribution in [-0.2, 0) is 4.74 Å². The van der Waals surface area contributed by atoms with Crippen LogP contribution in [0.1, 0.15) is 29.8 Å². The van der Waals surface area contributed by atoms with E-state index in [0.29, 0.717) is 16.5 Å². The Morgan fingerprint density at radius 2 is 1.83 bits per heavy atom. The molecule has 0 bridgehead atoms. The second-order valence-corrected chi connectivity index (χ2v) is 4.78. The Morgan fingerprint density at radius 1 is 1.17 bits per heavy atom. The molecule has 0 radical (unpaired) electrons. The number of benzene rings is 2. The molecule has 24 heavy (non-hydrogen) atoms. The summed E-state index contributed by atoms with van der Waals surface area (Å²) in [5.74, 6) is -2.26. The Balaban J connectivity index is 0.00000139. The molecule has 0 amide bonds. The van der Waals surface area contributed by atoms with Gasteiger partial charge < -0.3 is 4.74 Å². The molecular formula is C20H18F2O2. The highest BCUT2D eigenvalue weighted by atomic mass is 19.2. The highest BCUT2D eigenvalue weighted by Crippen LogP contribution is 2.33. The van der Waals surface area contributed by atoms with E-state index in [9.17, 15) is 13.6 Å². The Hall–Kier alpha value is -2.93. The van der Waals surface area contributed by atoms with Crippen molar-refractivity contribution >= 4 is 22.3 Å². The molecule has 0 fully saturated rings. The van der Waals surface area contributed by atoms with Gasteiger partial charge in [0.1, 0.15) is 5.83 Å². The second-order valence-electron chi connectivity index (χ2n) is 4.78. The van der Waals surface area contributed by atoms with Crippen LogP contribution >= 0.6 is 0 Å². The molecule has 2 rings (SSSR count). The van der Waals surface area contributed by atoms with Crippen molar-refractivity contribution in [2.45, 2.75) is 13.8 Å². The van der Waals surface area contributed by atoms with E-state index in [0.717, 1.165) is 12.3 Å². The van der Waals surface area contributed by atoms with E-state index in [1.807, 2.05) is 6.07 Å². The first-order chi connectivity index (χ1) is 11.5. The van der Waals surface area contributed by atoms with Gasteiger partial charge in [-0.15, -0.1) is 12.8 Å². The summed E-state index contributed by atoms with van der Waals surface area (Å²) in [4.78, 5) is 11.7. The maximum atomic E-state index is 14.1. The molecule has 124 valence electrons. The maximum absolute atomic E-state index is 14.1. The lowest BCUT2D eigenvalue weighted by atomic mass is 9.95. The fraction of sp³-hybridized carbons (Fsp3) is 0.150. The molecule has 0 saturated heterocycles. The molecule has 0 saturated carbocycles. The summed E-state index contributed by atoms with van der Waals surface area (Å²) in [5, 5.41) is 1.49. The number of fused-ring (bicyclic) bond motifs is 1. The minimum absolute atomic E-state index is 0.160. The molecule has 0 aliphatic carbocycles. The van der Waals surface area contributed by atoms with Gasteiger partial charge in [0.2, 0.25) is 0 Å². The lowest BCUT2D eigenvalue weighted by Gasteiger charge is -2.11. The van der Waals surface area contributed by atoms with Gasteiger partial charge in [-0.1, -0.05) is 30.3 Å². The number of methoxy groups -OCH3 is 1. The number of esters is 1. The van der Waals surface area contributed by atoms with Crippen LogP contribution in [0.2, 0.25) is 0 Å². The van der Waals surface area contributed by atoms with Gasteiger partial charge in [0.25, 0.3) is 0 Å². The van der Waals surface area contributed by atoms with Crippen molar-refractivity contribution in [3.05, 3.63) is 65.3 Å². The summed E-state index contributed by atoms with van der Waals surface area (Å²) in [6, 6.07) is 10.3. The normalized spacial score (nSPS) is 12.0. The number of terminal acetylenes is 1. The minimum atomic E-state index is -0.904. The summed E-state index contributed by atoms with van der Waals surface area (Å²) >= 11 is 0. The average molecular weight is 328 g/mol. The fourth-order valence-corrected chi connectivity index (χ4v) is 2.34. The molecular weight excluding hydrogens is 310 g/mol. The molecule has 0 aliphatic rings. The predicted octanol–water partition coefficient (Wildman–Crippen LogP) is 5.45. The zero-order valence-electron chi connectivity index (χ0n) is 13.8. The monoisotopic (exact) mass is 328 g/mol. The number of rotatable bonds is 3. The fourth-order valence-electron chi connectivity index (χ4n) is 2.34. The molecule has 2 nitrogen and oxygen atoms in total. The molecule has 0 unspecified atom stereocenters. The van der Waals surface area contributed by atoms with Crippen LogP contribution in [0.15, 0.2) is 54.1 Å². The van der Waals surface area contributed by atoms with E-state index >= 15 is 0 Å². The van der Waals surface area contributed by atoms with Crippen molar-refractivity contribution in [1.82, 2.24) is 0 Å². The third kappa shape index (κ3) is 3.88. The average Bonchev–Trinajstić information content (AvgIpc) is 2.62. The van der Waals surface area contributed by atoms with Crippen LogP contribution in [0.3, 0.4) is 0 Å². The summed E-state index contributed by atoms with van der Waals surface area (Å²) in [5.41, 5.74) is 1.05. The summed E-state index contributed by atoms with van der Waals surface area (Å²) in [6.07, 6.45) is 9.51. The van der Waals surface area contributed by atoms with Gasteiger partial charge in [0.15, 0.2) is 5.83 Å². The molecule has 0 N–H and O–H groups in total. The van der Waals surface area contributed by atoms with Gasteiger partial charge in [0, 0.05) is 5.57 Å². The first-order valence-electron chi connectivity index (χ1n) is 7.13. The van der Waals surface area contributed by atoms with Crippen LogP contribution in [0.25, 0.3) is 16.3 Å². The van der Waals surface area contributed by atoms with Crippen molar-refractivity contribution in [2.24, 2.45) is 0 Å². The van der Waals surface area contributed by atoms with Crippen molar-refractivity contribution in [1.29, 1.82) is 0 Å².